The van der Waals surface area contributed by atoms with Crippen LogP contribution in [0.3, 0.4) is 0 Å². The number of amides is 2. The lowest BCUT2D eigenvalue weighted by Crippen LogP contribution is -2.30. The van der Waals surface area contributed by atoms with Crippen LogP contribution in [-0.2, 0) is 4.74 Å². The second-order valence-electron chi connectivity index (χ2n) is 6.63. The van der Waals surface area contributed by atoms with E-state index >= 15 is 0 Å². The molecule has 1 N–H and O–H groups in total. The molecule has 29 heavy (non-hydrogen) atoms. The van der Waals surface area contributed by atoms with Gasteiger partial charge in [0.1, 0.15) is 5.00 Å². The van der Waals surface area contributed by atoms with Crippen LogP contribution in [0.4, 0.5) is 5.00 Å². The van der Waals surface area contributed by atoms with Crippen molar-refractivity contribution in [3.05, 3.63) is 50.9 Å². The highest BCUT2D eigenvalue weighted by molar-refractivity contribution is 7.18. The topological polar surface area (TPSA) is 75.7 Å². The molecular formula is C21H25ClN2O4S. The van der Waals surface area contributed by atoms with Crippen molar-refractivity contribution < 1.29 is 19.1 Å². The molecular weight excluding hydrogens is 412 g/mol. The summed E-state index contributed by atoms with van der Waals surface area (Å²) in [6.45, 7) is 10.0. The first-order valence-electron chi connectivity index (χ1n) is 9.40. The molecule has 1 aromatic carbocycles. The number of hydrogen-bond donors (Lipinski definition) is 1. The Bertz CT molecular complexity index is 919. The van der Waals surface area contributed by atoms with Gasteiger partial charge in [-0.2, -0.15) is 0 Å². The molecule has 0 radical (unpaired) electrons. The number of benzene rings is 1. The van der Waals surface area contributed by atoms with Crippen molar-refractivity contribution in [2.45, 2.75) is 40.7 Å². The molecule has 0 saturated heterocycles. The van der Waals surface area contributed by atoms with E-state index in [9.17, 15) is 14.4 Å². The molecule has 2 rings (SSSR count). The molecule has 0 aliphatic heterocycles. The number of anilines is 1. The number of ether oxygens (including phenoxy) is 1. The maximum atomic E-state index is 12.9. The first kappa shape index (κ1) is 22.9. The molecule has 0 aliphatic carbocycles. The van der Waals surface area contributed by atoms with Crippen molar-refractivity contribution in [2.24, 2.45) is 0 Å². The number of nitrogens with zero attached hydrogens (tertiary/aromatic N) is 1. The molecule has 8 heteroatoms. The van der Waals surface area contributed by atoms with Gasteiger partial charge in [-0.3, -0.25) is 9.59 Å². The molecule has 0 aliphatic rings. The number of halogens is 1. The van der Waals surface area contributed by atoms with Crippen LogP contribution in [0, 0.1) is 6.92 Å². The van der Waals surface area contributed by atoms with Crippen molar-refractivity contribution in [3.63, 3.8) is 0 Å². The number of esters is 1. The van der Waals surface area contributed by atoms with E-state index < -0.39 is 11.9 Å². The Balaban J connectivity index is 2.50. The van der Waals surface area contributed by atoms with Crippen molar-refractivity contribution >= 4 is 45.7 Å². The maximum Gasteiger partial charge on any atom is 0.341 e. The number of nitrogens with one attached hydrogen (secondary N) is 1. The van der Waals surface area contributed by atoms with Gasteiger partial charge in [-0.15, -0.1) is 11.3 Å². The molecule has 0 unspecified atom stereocenters. The summed E-state index contributed by atoms with van der Waals surface area (Å²) in [6, 6.07) is 6.62. The first-order valence-corrected chi connectivity index (χ1v) is 10.6. The van der Waals surface area contributed by atoms with E-state index in [1.807, 2.05) is 13.8 Å². The lowest BCUT2D eigenvalue weighted by molar-refractivity contribution is 0.0379. The zero-order valence-corrected chi connectivity index (χ0v) is 18.7. The van der Waals surface area contributed by atoms with E-state index in [-0.39, 0.29) is 28.1 Å². The Morgan fingerprint density at radius 2 is 1.79 bits per heavy atom. The third kappa shape index (κ3) is 5.16. The highest BCUT2D eigenvalue weighted by Crippen LogP contribution is 2.35. The van der Waals surface area contributed by atoms with Gasteiger partial charge in [0.25, 0.3) is 11.8 Å². The molecule has 156 valence electrons. The van der Waals surface area contributed by atoms with Gasteiger partial charge < -0.3 is 15.0 Å². The zero-order chi connectivity index (χ0) is 21.7. The maximum absolute atomic E-state index is 12.9. The van der Waals surface area contributed by atoms with E-state index in [4.69, 9.17) is 16.3 Å². The highest BCUT2D eigenvalue weighted by atomic mass is 35.5. The van der Waals surface area contributed by atoms with Gasteiger partial charge in [0.2, 0.25) is 0 Å². The molecule has 1 aromatic heterocycles. The summed E-state index contributed by atoms with van der Waals surface area (Å²) in [5.41, 5.74) is 0.964. The Morgan fingerprint density at radius 3 is 2.34 bits per heavy atom. The second kappa shape index (κ2) is 9.89. The lowest BCUT2D eigenvalue weighted by atomic mass is 10.1. The lowest BCUT2D eigenvalue weighted by Gasteiger charge is -2.18. The molecule has 2 amide bonds. The Hall–Kier alpha value is -2.38. The van der Waals surface area contributed by atoms with Gasteiger partial charge in [0, 0.05) is 13.1 Å². The number of hydrogen-bond acceptors (Lipinski definition) is 5. The van der Waals surface area contributed by atoms with Gasteiger partial charge in [-0.05, 0) is 52.3 Å². The van der Waals surface area contributed by atoms with Crippen LogP contribution in [0.5, 0.6) is 0 Å². The SMILES string of the molecule is CCN(CC)C(=O)c1sc(NC(=O)c2ccccc2Cl)c(C(=O)OC(C)C)c1C. The second-order valence-corrected chi connectivity index (χ2v) is 8.05. The monoisotopic (exact) mass is 436 g/mol. The summed E-state index contributed by atoms with van der Waals surface area (Å²) in [4.78, 5) is 40.4. The zero-order valence-electron chi connectivity index (χ0n) is 17.2. The summed E-state index contributed by atoms with van der Waals surface area (Å²) in [5, 5.41) is 3.30. The Labute approximate surface area is 179 Å². The van der Waals surface area contributed by atoms with Gasteiger partial charge in [-0.25, -0.2) is 4.79 Å². The highest BCUT2D eigenvalue weighted by Gasteiger charge is 2.29. The number of thiophene rings is 1. The Kier molecular flexibility index (Phi) is 7.81. The molecule has 0 atom stereocenters. The normalized spacial score (nSPS) is 10.7. The molecule has 6 nitrogen and oxygen atoms in total. The Morgan fingerprint density at radius 1 is 1.17 bits per heavy atom. The molecule has 0 bridgehead atoms. The minimum atomic E-state index is -0.582. The minimum absolute atomic E-state index is 0.186. The molecule has 0 saturated carbocycles. The number of rotatable bonds is 7. The summed E-state index contributed by atoms with van der Waals surface area (Å²) in [5.74, 6) is -1.23. The quantitative estimate of drug-likeness (QED) is 0.619. The summed E-state index contributed by atoms with van der Waals surface area (Å²) in [6.07, 6.45) is -0.337. The third-order valence-corrected chi connectivity index (χ3v) is 5.81. The van der Waals surface area contributed by atoms with Crippen molar-refractivity contribution in [2.75, 3.05) is 18.4 Å². The van der Waals surface area contributed by atoms with Gasteiger partial charge in [-0.1, -0.05) is 23.7 Å². The van der Waals surface area contributed by atoms with E-state index in [1.54, 1.807) is 49.9 Å². The van der Waals surface area contributed by atoms with Crippen LogP contribution in [0.1, 0.15) is 63.6 Å². The number of carbonyl (C=O) groups is 3. The van der Waals surface area contributed by atoms with Crippen LogP contribution < -0.4 is 5.32 Å². The van der Waals surface area contributed by atoms with E-state index in [0.29, 0.717) is 28.6 Å². The fourth-order valence-corrected chi connectivity index (χ4v) is 4.17. The fraction of sp³-hybridized carbons (Fsp3) is 0.381. The average molecular weight is 437 g/mol. The van der Waals surface area contributed by atoms with Crippen LogP contribution in [-0.4, -0.2) is 41.9 Å². The van der Waals surface area contributed by atoms with E-state index in [1.165, 1.54) is 0 Å². The average Bonchev–Trinajstić information content (AvgIpc) is 2.98. The molecule has 2 aromatic rings. The van der Waals surface area contributed by atoms with E-state index in [0.717, 1.165) is 11.3 Å². The molecule has 0 fully saturated rings. The number of carbonyl (C=O) groups excluding carboxylic acids is 3. The van der Waals surface area contributed by atoms with Crippen molar-refractivity contribution in [1.29, 1.82) is 0 Å². The van der Waals surface area contributed by atoms with Crippen LogP contribution >= 0.6 is 22.9 Å². The fourth-order valence-electron chi connectivity index (χ4n) is 2.79. The molecule has 0 spiro atoms. The summed E-state index contributed by atoms with van der Waals surface area (Å²) < 4.78 is 5.34. The first-order chi connectivity index (χ1) is 13.7. The molecule has 1 heterocycles. The van der Waals surface area contributed by atoms with Crippen LogP contribution in [0.2, 0.25) is 5.02 Å². The van der Waals surface area contributed by atoms with Crippen LogP contribution in [0.15, 0.2) is 24.3 Å². The van der Waals surface area contributed by atoms with E-state index in [2.05, 4.69) is 5.32 Å². The standard InChI is InChI=1S/C21H25ClN2O4S/c1-6-24(7-2)20(26)17-13(5)16(21(27)28-12(3)4)19(29-17)23-18(25)14-10-8-9-11-15(14)22/h8-12H,6-7H2,1-5H3,(H,23,25). The third-order valence-electron chi connectivity index (χ3n) is 4.28. The van der Waals surface area contributed by atoms with Gasteiger partial charge >= 0.3 is 5.97 Å². The van der Waals surface area contributed by atoms with Gasteiger partial charge in [0.15, 0.2) is 0 Å². The summed E-state index contributed by atoms with van der Waals surface area (Å²) >= 11 is 7.18. The van der Waals surface area contributed by atoms with Crippen molar-refractivity contribution in [3.8, 4) is 0 Å². The van der Waals surface area contributed by atoms with Crippen LogP contribution in [0.25, 0.3) is 0 Å². The minimum Gasteiger partial charge on any atom is -0.459 e. The van der Waals surface area contributed by atoms with Crippen molar-refractivity contribution in [1.82, 2.24) is 4.90 Å². The smallest absolute Gasteiger partial charge is 0.341 e. The summed E-state index contributed by atoms with van der Waals surface area (Å²) in [7, 11) is 0. The predicted octanol–water partition coefficient (Wildman–Crippen LogP) is 5.01. The largest absolute Gasteiger partial charge is 0.459 e. The van der Waals surface area contributed by atoms with Gasteiger partial charge in [0.05, 0.1) is 27.1 Å². The predicted molar refractivity (Wildman–Crippen MR) is 116 cm³/mol.